The van der Waals surface area contributed by atoms with E-state index in [-0.39, 0.29) is 23.7 Å². The van der Waals surface area contributed by atoms with E-state index in [0.29, 0.717) is 6.54 Å². The van der Waals surface area contributed by atoms with Gasteiger partial charge in [-0.25, -0.2) is 0 Å². The molecular formula is C23H31N3O2. The van der Waals surface area contributed by atoms with Crippen LogP contribution in [0.5, 0.6) is 5.75 Å². The van der Waals surface area contributed by atoms with Crippen LogP contribution in [0.3, 0.4) is 0 Å². The third-order valence-corrected chi connectivity index (χ3v) is 5.50. The zero-order valence-electron chi connectivity index (χ0n) is 16.8. The van der Waals surface area contributed by atoms with E-state index in [4.69, 9.17) is 0 Å². The third kappa shape index (κ3) is 5.12. The predicted molar refractivity (Wildman–Crippen MR) is 112 cm³/mol. The fourth-order valence-corrected chi connectivity index (χ4v) is 3.98. The Hall–Kier alpha value is -2.37. The number of amides is 1. The maximum absolute atomic E-state index is 13.1. The van der Waals surface area contributed by atoms with E-state index in [0.717, 1.165) is 38.2 Å². The highest BCUT2D eigenvalue weighted by molar-refractivity contribution is 5.82. The molecule has 0 saturated carbocycles. The first kappa shape index (κ1) is 20.4. The first-order valence-corrected chi connectivity index (χ1v) is 10.2. The van der Waals surface area contributed by atoms with E-state index >= 15 is 0 Å². The van der Waals surface area contributed by atoms with Crippen LogP contribution in [-0.4, -0.2) is 52.5 Å². The zero-order valence-corrected chi connectivity index (χ0v) is 16.8. The number of nitrogens with zero attached hydrogens (tertiary/aromatic N) is 2. The quantitative estimate of drug-likeness (QED) is 0.738. The molecule has 3 rings (SSSR count). The Bertz CT molecular complexity index is 761. The molecule has 0 aliphatic carbocycles. The Kier molecular flexibility index (Phi) is 7.06. The molecule has 0 radical (unpaired) electrons. The molecule has 0 bridgehead atoms. The van der Waals surface area contributed by atoms with E-state index in [1.54, 1.807) is 12.1 Å². The number of hydrogen-bond acceptors (Lipinski definition) is 4. The first-order valence-electron chi connectivity index (χ1n) is 10.2. The Balaban J connectivity index is 1.69. The van der Waals surface area contributed by atoms with Crippen LogP contribution < -0.4 is 5.32 Å². The van der Waals surface area contributed by atoms with E-state index in [9.17, 15) is 9.90 Å². The Morgan fingerprint density at radius 1 is 1.11 bits per heavy atom. The van der Waals surface area contributed by atoms with Crippen molar-refractivity contribution < 1.29 is 9.90 Å². The summed E-state index contributed by atoms with van der Waals surface area (Å²) in [5, 5.41) is 13.2. The Morgan fingerprint density at radius 2 is 1.82 bits per heavy atom. The van der Waals surface area contributed by atoms with Gasteiger partial charge < -0.3 is 15.3 Å². The molecule has 2 N–H and O–H groups in total. The number of nitrogens with one attached hydrogen (secondary N) is 1. The summed E-state index contributed by atoms with van der Waals surface area (Å²) >= 11 is 0. The minimum Gasteiger partial charge on any atom is -0.508 e. The fraction of sp³-hybridized carbons (Fsp3) is 0.435. The van der Waals surface area contributed by atoms with Crippen LogP contribution in [0.4, 0.5) is 0 Å². The monoisotopic (exact) mass is 381 g/mol. The van der Waals surface area contributed by atoms with Gasteiger partial charge in [0, 0.05) is 38.8 Å². The van der Waals surface area contributed by atoms with Gasteiger partial charge in [-0.15, -0.1) is 0 Å². The van der Waals surface area contributed by atoms with Crippen molar-refractivity contribution in [2.45, 2.75) is 45.4 Å². The molecule has 1 aliphatic rings. The molecule has 150 valence electrons. The molecule has 2 aromatic carbocycles. The van der Waals surface area contributed by atoms with Crippen molar-refractivity contribution in [3.8, 4) is 5.75 Å². The van der Waals surface area contributed by atoms with Gasteiger partial charge in [0.1, 0.15) is 5.75 Å². The summed E-state index contributed by atoms with van der Waals surface area (Å²) in [7, 11) is 0. The van der Waals surface area contributed by atoms with Crippen molar-refractivity contribution >= 4 is 5.91 Å². The number of benzene rings is 2. The number of aromatic hydroxyl groups is 1. The van der Waals surface area contributed by atoms with E-state index in [1.807, 2.05) is 49.1 Å². The molecule has 5 heteroatoms. The second-order valence-electron chi connectivity index (χ2n) is 7.42. The smallest absolute Gasteiger partial charge is 0.239 e. The summed E-state index contributed by atoms with van der Waals surface area (Å²) in [5.74, 6) is 0.508. The summed E-state index contributed by atoms with van der Waals surface area (Å²) in [6, 6.07) is 17.8. The second kappa shape index (κ2) is 9.71. The van der Waals surface area contributed by atoms with Crippen molar-refractivity contribution in [3.05, 3.63) is 65.7 Å². The van der Waals surface area contributed by atoms with E-state index in [1.165, 1.54) is 5.56 Å². The number of hydrogen-bond donors (Lipinski definition) is 2. The molecule has 1 fully saturated rings. The normalized spacial score (nSPS) is 19.6. The second-order valence-corrected chi connectivity index (χ2v) is 7.42. The van der Waals surface area contributed by atoms with Crippen molar-refractivity contribution in [2.24, 2.45) is 0 Å². The highest BCUT2D eigenvalue weighted by Crippen LogP contribution is 2.23. The SMILES string of the molecule is CCN(CC)C(=O)[C@@H]1C[C@@H](NCc2cccc(O)c2)CN1Cc1ccccc1. The lowest BCUT2D eigenvalue weighted by molar-refractivity contribution is -0.135. The molecule has 1 saturated heterocycles. The molecule has 1 heterocycles. The summed E-state index contributed by atoms with van der Waals surface area (Å²) in [5.41, 5.74) is 2.28. The van der Waals surface area contributed by atoms with Crippen LogP contribution in [0.1, 0.15) is 31.4 Å². The summed E-state index contributed by atoms with van der Waals surface area (Å²) in [6.45, 7) is 7.86. The van der Waals surface area contributed by atoms with E-state index in [2.05, 4.69) is 22.3 Å². The van der Waals surface area contributed by atoms with Gasteiger partial charge in [0.25, 0.3) is 0 Å². The van der Waals surface area contributed by atoms with Crippen molar-refractivity contribution in [1.82, 2.24) is 15.1 Å². The standard InChI is InChI=1S/C23H31N3O2/c1-3-25(4-2)23(28)22-14-20(24-15-19-11-8-12-21(27)13-19)17-26(22)16-18-9-6-5-7-10-18/h5-13,20,22,24,27H,3-4,14-17H2,1-2H3/t20-,22+/m1/s1. The average molecular weight is 382 g/mol. The Morgan fingerprint density at radius 3 is 2.50 bits per heavy atom. The van der Waals surface area contributed by atoms with Gasteiger partial charge >= 0.3 is 0 Å². The molecule has 0 aromatic heterocycles. The maximum atomic E-state index is 13.1. The van der Waals surface area contributed by atoms with Gasteiger partial charge in [0.2, 0.25) is 5.91 Å². The number of carbonyl (C=O) groups excluding carboxylic acids is 1. The topological polar surface area (TPSA) is 55.8 Å². The number of rotatable bonds is 8. The first-order chi connectivity index (χ1) is 13.6. The highest BCUT2D eigenvalue weighted by Gasteiger charge is 2.38. The number of phenolic OH excluding ortho intramolecular Hbond substituents is 1. The van der Waals surface area contributed by atoms with Gasteiger partial charge in [-0.3, -0.25) is 9.69 Å². The fourth-order valence-electron chi connectivity index (χ4n) is 3.98. The Labute approximate surface area is 168 Å². The minimum atomic E-state index is -0.0956. The lowest BCUT2D eigenvalue weighted by atomic mass is 10.1. The summed E-state index contributed by atoms with van der Waals surface area (Å²) in [6.07, 6.45) is 0.807. The number of likely N-dealkylation sites (tertiary alicyclic amines) is 1. The average Bonchev–Trinajstić information content (AvgIpc) is 3.11. The number of phenols is 1. The minimum absolute atomic E-state index is 0.0956. The summed E-state index contributed by atoms with van der Waals surface area (Å²) in [4.78, 5) is 17.3. The van der Waals surface area contributed by atoms with Gasteiger partial charge in [0.05, 0.1) is 6.04 Å². The van der Waals surface area contributed by atoms with Gasteiger partial charge in [-0.05, 0) is 43.5 Å². The number of likely N-dealkylation sites (N-methyl/N-ethyl adjacent to an activating group) is 1. The molecule has 0 spiro atoms. The van der Waals surface area contributed by atoms with E-state index < -0.39 is 0 Å². The molecule has 28 heavy (non-hydrogen) atoms. The lowest BCUT2D eigenvalue weighted by Crippen LogP contribution is -2.45. The molecular weight excluding hydrogens is 350 g/mol. The molecule has 1 aliphatic heterocycles. The summed E-state index contributed by atoms with van der Waals surface area (Å²) < 4.78 is 0. The van der Waals surface area contributed by atoms with Gasteiger partial charge in [0.15, 0.2) is 0 Å². The van der Waals surface area contributed by atoms with Crippen molar-refractivity contribution in [1.29, 1.82) is 0 Å². The van der Waals surface area contributed by atoms with Crippen LogP contribution in [0, 0.1) is 0 Å². The lowest BCUT2D eigenvalue weighted by Gasteiger charge is -2.28. The third-order valence-electron chi connectivity index (χ3n) is 5.50. The molecule has 2 aromatic rings. The molecule has 2 atom stereocenters. The van der Waals surface area contributed by atoms with Gasteiger partial charge in [-0.2, -0.15) is 0 Å². The molecule has 5 nitrogen and oxygen atoms in total. The van der Waals surface area contributed by atoms with Crippen LogP contribution in [-0.2, 0) is 17.9 Å². The number of carbonyl (C=O) groups is 1. The van der Waals surface area contributed by atoms with Gasteiger partial charge in [-0.1, -0.05) is 42.5 Å². The molecule has 0 unspecified atom stereocenters. The predicted octanol–water partition coefficient (Wildman–Crippen LogP) is 2.99. The van der Waals surface area contributed by atoms with Crippen molar-refractivity contribution in [2.75, 3.05) is 19.6 Å². The van der Waals surface area contributed by atoms with Crippen LogP contribution in [0.15, 0.2) is 54.6 Å². The van der Waals surface area contributed by atoms with Crippen LogP contribution in [0.2, 0.25) is 0 Å². The highest BCUT2D eigenvalue weighted by atomic mass is 16.3. The van der Waals surface area contributed by atoms with Crippen molar-refractivity contribution in [3.63, 3.8) is 0 Å². The van der Waals surface area contributed by atoms with Crippen LogP contribution in [0.25, 0.3) is 0 Å². The van der Waals surface area contributed by atoms with Crippen LogP contribution >= 0.6 is 0 Å². The largest absolute Gasteiger partial charge is 0.508 e. The zero-order chi connectivity index (χ0) is 19.9. The molecule has 1 amide bonds. The maximum Gasteiger partial charge on any atom is 0.239 e.